The van der Waals surface area contributed by atoms with Crippen LogP contribution in [0.4, 0.5) is 5.69 Å². The van der Waals surface area contributed by atoms with Gasteiger partial charge >= 0.3 is 5.97 Å². The van der Waals surface area contributed by atoms with Crippen LogP contribution >= 0.6 is 12.6 Å². The Morgan fingerprint density at radius 1 is 1.42 bits per heavy atom. The fraction of sp³-hybridized carbons (Fsp3) is 0.421. The SMILES string of the molecule is CCCCNc1cc(C(=O)OC)cc(S)c1OC1=CC(C)CC=C1. The van der Waals surface area contributed by atoms with Gasteiger partial charge in [0.2, 0.25) is 0 Å². The topological polar surface area (TPSA) is 47.6 Å². The minimum Gasteiger partial charge on any atom is -0.465 e. The van der Waals surface area contributed by atoms with Crippen LogP contribution < -0.4 is 10.1 Å². The van der Waals surface area contributed by atoms with Gasteiger partial charge in [-0.15, -0.1) is 12.6 Å². The lowest BCUT2D eigenvalue weighted by Gasteiger charge is -2.19. The number of anilines is 1. The average molecular weight is 347 g/mol. The number of allylic oxidation sites excluding steroid dienone is 3. The summed E-state index contributed by atoms with van der Waals surface area (Å²) in [6.07, 6.45) is 9.30. The van der Waals surface area contributed by atoms with Crippen LogP contribution in [-0.2, 0) is 4.74 Å². The molecule has 0 saturated heterocycles. The van der Waals surface area contributed by atoms with E-state index in [1.54, 1.807) is 12.1 Å². The minimum absolute atomic E-state index is 0.388. The molecule has 5 heteroatoms. The van der Waals surface area contributed by atoms with Crippen LogP contribution in [0.2, 0.25) is 0 Å². The van der Waals surface area contributed by atoms with Gasteiger partial charge in [0.05, 0.1) is 18.4 Å². The Balaban J connectivity index is 2.33. The van der Waals surface area contributed by atoms with E-state index in [4.69, 9.17) is 9.47 Å². The summed E-state index contributed by atoms with van der Waals surface area (Å²) in [5.41, 5.74) is 1.21. The Hall–Kier alpha value is -1.88. The molecule has 0 radical (unpaired) electrons. The summed E-state index contributed by atoms with van der Waals surface area (Å²) in [6.45, 7) is 5.08. The molecule has 0 heterocycles. The van der Waals surface area contributed by atoms with Crippen molar-refractivity contribution in [2.45, 2.75) is 38.0 Å². The highest BCUT2D eigenvalue weighted by Gasteiger charge is 2.17. The fourth-order valence-electron chi connectivity index (χ4n) is 2.48. The standard InChI is InChI=1S/C19H25NO3S/c1-4-5-9-20-16-11-14(19(21)22-3)12-17(24)18(16)23-15-8-6-7-13(2)10-15/h6,8,10-13,20,24H,4-5,7,9H2,1-3H3. The van der Waals surface area contributed by atoms with Crippen LogP contribution in [0.3, 0.4) is 0 Å². The molecular formula is C19H25NO3S. The summed E-state index contributed by atoms with van der Waals surface area (Å²) >= 11 is 4.51. The number of benzene rings is 1. The van der Waals surface area contributed by atoms with E-state index in [-0.39, 0.29) is 5.97 Å². The molecular weight excluding hydrogens is 322 g/mol. The molecule has 0 bridgehead atoms. The fourth-order valence-corrected chi connectivity index (χ4v) is 2.78. The Labute approximate surface area is 149 Å². The van der Waals surface area contributed by atoms with E-state index in [2.05, 4.69) is 43.9 Å². The molecule has 0 saturated carbocycles. The molecule has 2 rings (SSSR count). The number of carbonyl (C=O) groups excluding carboxylic acids is 1. The zero-order valence-electron chi connectivity index (χ0n) is 14.5. The molecule has 1 unspecified atom stereocenters. The lowest BCUT2D eigenvalue weighted by molar-refractivity contribution is 0.0600. The van der Waals surface area contributed by atoms with Gasteiger partial charge in [-0.25, -0.2) is 4.79 Å². The van der Waals surface area contributed by atoms with Crippen molar-refractivity contribution in [2.24, 2.45) is 5.92 Å². The third-order valence-corrected chi connectivity index (χ3v) is 4.13. The van der Waals surface area contributed by atoms with Gasteiger partial charge in [-0.05, 0) is 43.0 Å². The second-order valence-electron chi connectivity index (χ2n) is 5.93. The maximum Gasteiger partial charge on any atom is 0.337 e. The zero-order valence-corrected chi connectivity index (χ0v) is 15.4. The molecule has 1 N–H and O–H groups in total. The molecule has 24 heavy (non-hydrogen) atoms. The molecule has 0 amide bonds. The Morgan fingerprint density at radius 3 is 2.88 bits per heavy atom. The van der Waals surface area contributed by atoms with Crippen molar-refractivity contribution in [1.29, 1.82) is 0 Å². The highest BCUT2D eigenvalue weighted by molar-refractivity contribution is 7.80. The van der Waals surface area contributed by atoms with E-state index in [1.165, 1.54) is 7.11 Å². The maximum atomic E-state index is 11.8. The number of hydrogen-bond donors (Lipinski definition) is 2. The van der Waals surface area contributed by atoms with E-state index in [0.717, 1.165) is 37.3 Å². The number of methoxy groups -OCH3 is 1. The number of ether oxygens (including phenoxy) is 2. The number of hydrogen-bond acceptors (Lipinski definition) is 5. The lowest BCUT2D eigenvalue weighted by atomic mass is 10.0. The monoisotopic (exact) mass is 347 g/mol. The van der Waals surface area contributed by atoms with Gasteiger partial charge in [0, 0.05) is 11.4 Å². The first-order valence-electron chi connectivity index (χ1n) is 8.30. The quantitative estimate of drug-likeness (QED) is 0.421. The van der Waals surface area contributed by atoms with Gasteiger partial charge < -0.3 is 14.8 Å². The number of rotatable bonds is 7. The van der Waals surface area contributed by atoms with Gasteiger partial charge in [-0.3, -0.25) is 0 Å². The Morgan fingerprint density at radius 2 is 2.21 bits per heavy atom. The van der Waals surface area contributed by atoms with Crippen LogP contribution in [0.25, 0.3) is 0 Å². The number of thiol groups is 1. The Bertz CT molecular complexity index is 652. The van der Waals surface area contributed by atoms with Crippen LogP contribution in [0, 0.1) is 5.92 Å². The van der Waals surface area contributed by atoms with Crippen LogP contribution in [0.5, 0.6) is 5.75 Å². The minimum atomic E-state index is -0.388. The Kier molecular flexibility index (Phi) is 6.79. The second-order valence-corrected chi connectivity index (χ2v) is 6.41. The van der Waals surface area contributed by atoms with E-state index in [0.29, 0.717) is 22.1 Å². The van der Waals surface area contributed by atoms with Gasteiger partial charge in [-0.2, -0.15) is 0 Å². The summed E-state index contributed by atoms with van der Waals surface area (Å²) in [5.74, 6) is 1.49. The highest BCUT2D eigenvalue weighted by atomic mass is 32.1. The highest BCUT2D eigenvalue weighted by Crippen LogP contribution is 2.36. The molecule has 1 aliphatic rings. The maximum absolute atomic E-state index is 11.8. The number of nitrogens with one attached hydrogen (secondary N) is 1. The van der Waals surface area contributed by atoms with Crippen molar-refractivity contribution in [2.75, 3.05) is 19.0 Å². The number of esters is 1. The van der Waals surface area contributed by atoms with Crippen molar-refractivity contribution in [3.05, 3.63) is 41.7 Å². The molecule has 1 atom stereocenters. The van der Waals surface area contributed by atoms with Crippen molar-refractivity contribution in [3.63, 3.8) is 0 Å². The smallest absolute Gasteiger partial charge is 0.337 e. The number of unbranched alkanes of at least 4 members (excludes halogenated alkanes) is 1. The molecule has 1 aromatic rings. The lowest BCUT2D eigenvalue weighted by Crippen LogP contribution is -2.09. The van der Waals surface area contributed by atoms with Crippen molar-refractivity contribution in [3.8, 4) is 5.75 Å². The van der Waals surface area contributed by atoms with Gasteiger partial charge in [0.25, 0.3) is 0 Å². The first-order valence-corrected chi connectivity index (χ1v) is 8.75. The number of carbonyl (C=O) groups is 1. The molecule has 0 spiro atoms. The summed E-state index contributed by atoms with van der Waals surface area (Å²) < 4.78 is 10.9. The third-order valence-electron chi connectivity index (χ3n) is 3.79. The van der Waals surface area contributed by atoms with E-state index in [9.17, 15) is 4.79 Å². The van der Waals surface area contributed by atoms with Crippen LogP contribution in [-0.4, -0.2) is 19.6 Å². The first kappa shape index (κ1) is 18.5. The third kappa shape index (κ3) is 4.81. The predicted molar refractivity (Wildman–Crippen MR) is 100 cm³/mol. The predicted octanol–water partition coefficient (Wildman–Crippen LogP) is 4.83. The van der Waals surface area contributed by atoms with Crippen molar-refractivity contribution in [1.82, 2.24) is 0 Å². The summed E-state index contributed by atoms with van der Waals surface area (Å²) in [6, 6.07) is 3.43. The molecule has 1 aromatic carbocycles. The molecule has 130 valence electrons. The van der Waals surface area contributed by atoms with E-state index < -0.39 is 0 Å². The summed E-state index contributed by atoms with van der Waals surface area (Å²) in [7, 11) is 1.37. The van der Waals surface area contributed by atoms with Crippen molar-refractivity contribution < 1.29 is 14.3 Å². The van der Waals surface area contributed by atoms with E-state index >= 15 is 0 Å². The van der Waals surface area contributed by atoms with Gasteiger partial charge in [0.15, 0.2) is 5.75 Å². The van der Waals surface area contributed by atoms with Crippen LogP contribution in [0.15, 0.2) is 41.0 Å². The normalized spacial score (nSPS) is 16.5. The molecule has 1 aliphatic carbocycles. The first-order chi connectivity index (χ1) is 11.5. The summed E-state index contributed by atoms with van der Waals surface area (Å²) in [4.78, 5) is 12.4. The average Bonchev–Trinajstić information content (AvgIpc) is 2.57. The van der Waals surface area contributed by atoms with Crippen LogP contribution in [0.1, 0.15) is 43.5 Å². The summed E-state index contributed by atoms with van der Waals surface area (Å²) in [5, 5.41) is 3.34. The second kappa shape index (κ2) is 8.83. The molecule has 0 fully saturated rings. The molecule has 4 nitrogen and oxygen atoms in total. The molecule has 0 aromatic heterocycles. The zero-order chi connectivity index (χ0) is 17.5. The van der Waals surface area contributed by atoms with Gasteiger partial charge in [0.1, 0.15) is 5.76 Å². The molecule has 0 aliphatic heterocycles. The van der Waals surface area contributed by atoms with Crippen molar-refractivity contribution >= 4 is 24.3 Å². The largest absolute Gasteiger partial charge is 0.465 e. The van der Waals surface area contributed by atoms with E-state index in [1.807, 2.05) is 6.08 Å². The van der Waals surface area contributed by atoms with Gasteiger partial charge in [-0.1, -0.05) is 26.3 Å².